The van der Waals surface area contributed by atoms with E-state index in [1.807, 2.05) is 0 Å². The van der Waals surface area contributed by atoms with Crippen molar-refractivity contribution in [3.8, 4) is 18.1 Å². The summed E-state index contributed by atoms with van der Waals surface area (Å²) >= 11 is 0. The van der Waals surface area contributed by atoms with Crippen LogP contribution in [0.5, 0.6) is 5.75 Å². The lowest BCUT2D eigenvalue weighted by molar-refractivity contribution is 0.316. The van der Waals surface area contributed by atoms with Gasteiger partial charge in [0.05, 0.1) is 12.4 Å². The monoisotopic (exact) mass is 256 g/mol. The predicted molar refractivity (Wildman–Crippen MR) is 64.0 cm³/mol. The fourth-order valence-electron chi connectivity index (χ4n) is 1.22. The number of halogens is 1. The first kappa shape index (κ1) is 13.5. The highest BCUT2D eigenvalue weighted by atomic mass is 32.2. The molecule has 0 bridgehead atoms. The molecule has 0 radical (unpaired) electrons. The number of hydrogen-bond donors (Lipinski definition) is 0. The number of hydrogen-bond acceptors (Lipinski definition) is 3. The second kappa shape index (κ2) is 6.26. The first-order chi connectivity index (χ1) is 8.03. The van der Waals surface area contributed by atoms with Crippen molar-refractivity contribution in [1.29, 1.82) is 0 Å². The van der Waals surface area contributed by atoms with Crippen LogP contribution in [0, 0.1) is 18.2 Å². The van der Waals surface area contributed by atoms with Crippen LogP contribution in [0.25, 0.3) is 0 Å². The van der Waals surface area contributed by atoms with Gasteiger partial charge in [0.15, 0.2) is 9.84 Å². The van der Waals surface area contributed by atoms with E-state index < -0.39 is 9.84 Å². The smallest absolute Gasteiger partial charge is 0.161 e. The number of ether oxygens (including phenoxy) is 1. The van der Waals surface area contributed by atoms with E-state index in [9.17, 15) is 12.8 Å². The average molecular weight is 256 g/mol. The summed E-state index contributed by atoms with van der Waals surface area (Å²) in [6, 6.07) is 5.69. The lowest BCUT2D eigenvalue weighted by Gasteiger charge is -2.05. The molecular formula is C12H13FO3S. The fourth-order valence-corrected chi connectivity index (χ4v) is 2.18. The van der Waals surface area contributed by atoms with Gasteiger partial charge in [0.2, 0.25) is 0 Å². The van der Waals surface area contributed by atoms with E-state index in [0.29, 0.717) is 12.2 Å². The summed E-state index contributed by atoms with van der Waals surface area (Å²) in [5.74, 6) is 1.82. The minimum Gasteiger partial charge on any atom is -0.493 e. The first-order valence-electron chi connectivity index (χ1n) is 5.06. The number of rotatable bonds is 6. The quantitative estimate of drug-likeness (QED) is 0.574. The zero-order valence-corrected chi connectivity index (χ0v) is 10.0. The predicted octanol–water partition coefficient (Wildman–Crippen LogP) is 1.64. The topological polar surface area (TPSA) is 43.4 Å². The van der Waals surface area contributed by atoms with Crippen molar-refractivity contribution in [2.45, 2.75) is 6.42 Å². The SMILES string of the molecule is C#CCS(=O)(=O)CCCOc1cccc(F)c1. The molecule has 0 saturated heterocycles. The summed E-state index contributed by atoms with van der Waals surface area (Å²) in [5.41, 5.74) is 0. The minimum atomic E-state index is -3.18. The van der Waals surface area contributed by atoms with Crippen molar-refractivity contribution in [1.82, 2.24) is 0 Å². The molecule has 0 heterocycles. The van der Waals surface area contributed by atoms with Crippen LogP contribution in [-0.4, -0.2) is 26.5 Å². The van der Waals surface area contributed by atoms with Gasteiger partial charge in [-0.25, -0.2) is 12.8 Å². The summed E-state index contributed by atoms with van der Waals surface area (Å²) in [7, 11) is -3.18. The maximum atomic E-state index is 12.8. The molecule has 0 aliphatic rings. The highest BCUT2D eigenvalue weighted by Gasteiger charge is 2.08. The second-order valence-corrected chi connectivity index (χ2v) is 5.64. The van der Waals surface area contributed by atoms with Crippen molar-refractivity contribution in [2.24, 2.45) is 0 Å². The Balaban J connectivity index is 2.32. The maximum Gasteiger partial charge on any atom is 0.161 e. The fraction of sp³-hybridized carbons (Fsp3) is 0.333. The molecule has 1 aromatic rings. The van der Waals surface area contributed by atoms with Crippen molar-refractivity contribution >= 4 is 9.84 Å². The van der Waals surface area contributed by atoms with Gasteiger partial charge in [-0.3, -0.25) is 0 Å². The zero-order valence-electron chi connectivity index (χ0n) is 9.23. The van der Waals surface area contributed by atoms with Crippen LogP contribution < -0.4 is 4.74 Å². The Hall–Kier alpha value is -1.54. The lowest BCUT2D eigenvalue weighted by atomic mass is 10.3. The zero-order chi connectivity index (χ0) is 12.7. The third kappa shape index (κ3) is 5.36. The van der Waals surface area contributed by atoms with Crippen LogP contribution in [0.3, 0.4) is 0 Å². The highest BCUT2D eigenvalue weighted by molar-refractivity contribution is 7.91. The molecule has 0 atom stereocenters. The molecule has 5 heteroatoms. The molecule has 0 amide bonds. The Bertz CT molecular complexity index is 503. The number of terminal acetylenes is 1. The molecule has 0 N–H and O–H groups in total. The summed E-state index contributed by atoms with van der Waals surface area (Å²) in [6.45, 7) is 0.216. The van der Waals surface area contributed by atoms with E-state index in [-0.39, 0.29) is 23.9 Å². The maximum absolute atomic E-state index is 12.8. The molecule has 0 aromatic heterocycles. The summed E-state index contributed by atoms with van der Waals surface area (Å²) < 4.78 is 40.4. The van der Waals surface area contributed by atoms with Gasteiger partial charge in [0.25, 0.3) is 0 Å². The molecular weight excluding hydrogens is 243 g/mol. The van der Waals surface area contributed by atoms with Crippen molar-refractivity contribution in [2.75, 3.05) is 18.1 Å². The minimum absolute atomic E-state index is 0.0213. The largest absolute Gasteiger partial charge is 0.493 e. The van der Waals surface area contributed by atoms with Gasteiger partial charge < -0.3 is 4.74 Å². The number of benzene rings is 1. The van der Waals surface area contributed by atoms with Crippen LogP contribution in [0.4, 0.5) is 4.39 Å². The molecule has 0 aliphatic carbocycles. The number of sulfone groups is 1. The Morgan fingerprint density at radius 2 is 2.18 bits per heavy atom. The Morgan fingerprint density at radius 3 is 2.82 bits per heavy atom. The molecule has 1 aromatic carbocycles. The van der Waals surface area contributed by atoms with E-state index in [1.54, 1.807) is 6.07 Å². The van der Waals surface area contributed by atoms with Crippen LogP contribution in [0.15, 0.2) is 24.3 Å². The lowest BCUT2D eigenvalue weighted by Crippen LogP contribution is -2.12. The Morgan fingerprint density at radius 1 is 1.41 bits per heavy atom. The van der Waals surface area contributed by atoms with E-state index in [1.165, 1.54) is 18.2 Å². The van der Waals surface area contributed by atoms with Gasteiger partial charge in [-0.05, 0) is 18.6 Å². The third-order valence-electron chi connectivity index (χ3n) is 1.97. The van der Waals surface area contributed by atoms with E-state index in [2.05, 4.69) is 5.92 Å². The molecule has 0 fully saturated rings. The van der Waals surface area contributed by atoms with Crippen molar-refractivity contribution in [3.05, 3.63) is 30.1 Å². The summed E-state index contributed by atoms with van der Waals surface area (Å²) in [4.78, 5) is 0. The molecule has 0 spiro atoms. The molecule has 0 unspecified atom stereocenters. The summed E-state index contributed by atoms with van der Waals surface area (Å²) in [6.07, 6.45) is 5.26. The van der Waals surface area contributed by atoms with Gasteiger partial charge in [-0.15, -0.1) is 6.42 Å². The molecule has 3 nitrogen and oxygen atoms in total. The normalized spacial score (nSPS) is 10.8. The Labute approximate surface area is 101 Å². The van der Waals surface area contributed by atoms with Crippen LogP contribution in [-0.2, 0) is 9.84 Å². The van der Waals surface area contributed by atoms with Crippen LogP contribution in [0.1, 0.15) is 6.42 Å². The van der Waals surface area contributed by atoms with E-state index >= 15 is 0 Å². The molecule has 17 heavy (non-hydrogen) atoms. The van der Waals surface area contributed by atoms with Gasteiger partial charge in [-0.1, -0.05) is 12.0 Å². The van der Waals surface area contributed by atoms with E-state index in [4.69, 9.17) is 11.2 Å². The average Bonchev–Trinajstić information content (AvgIpc) is 2.24. The summed E-state index contributed by atoms with van der Waals surface area (Å²) in [5, 5.41) is 0. The van der Waals surface area contributed by atoms with Gasteiger partial charge in [-0.2, -0.15) is 0 Å². The van der Waals surface area contributed by atoms with Crippen molar-refractivity contribution in [3.63, 3.8) is 0 Å². The first-order valence-corrected chi connectivity index (χ1v) is 6.88. The highest BCUT2D eigenvalue weighted by Crippen LogP contribution is 2.12. The van der Waals surface area contributed by atoms with Crippen LogP contribution >= 0.6 is 0 Å². The van der Waals surface area contributed by atoms with Crippen molar-refractivity contribution < 1.29 is 17.5 Å². The Kier molecular flexibility index (Phi) is 4.98. The third-order valence-corrected chi connectivity index (χ3v) is 3.48. The van der Waals surface area contributed by atoms with Gasteiger partial charge in [0.1, 0.15) is 17.3 Å². The molecule has 1 rings (SSSR count). The second-order valence-electron chi connectivity index (χ2n) is 3.46. The van der Waals surface area contributed by atoms with Gasteiger partial charge in [0, 0.05) is 6.07 Å². The van der Waals surface area contributed by atoms with Crippen LogP contribution in [0.2, 0.25) is 0 Å². The standard InChI is InChI=1S/C12H13FO3S/c1-2-8-17(14,15)9-4-7-16-12-6-3-5-11(13)10-12/h1,3,5-6,10H,4,7-9H2. The molecule has 92 valence electrons. The molecule has 0 saturated carbocycles. The van der Waals surface area contributed by atoms with Gasteiger partial charge >= 0.3 is 0 Å². The molecule has 0 aliphatic heterocycles. The van der Waals surface area contributed by atoms with E-state index in [0.717, 1.165) is 0 Å².